The third-order valence-electron chi connectivity index (χ3n) is 4.96. The van der Waals surface area contributed by atoms with E-state index in [1.54, 1.807) is 11.3 Å². The molecule has 3 heterocycles. The van der Waals surface area contributed by atoms with Gasteiger partial charge in [0.2, 0.25) is 6.23 Å². The predicted molar refractivity (Wildman–Crippen MR) is 101 cm³/mol. The molecule has 0 unspecified atom stereocenters. The van der Waals surface area contributed by atoms with Gasteiger partial charge in [0.25, 0.3) is 0 Å². The van der Waals surface area contributed by atoms with Crippen molar-refractivity contribution in [2.45, 2.75) is 25.6 Å². The van der Waals surface area contributed by atoms with Crippen molar-refractivity contribution in [2.75, 3.05) is 0 Å². The Labute approximate surface area is 151 Å². The molecule has 3 aromatic rings. The summed E-state index contributed by atoms with van der Waals surface area (Å²) in [6, 6.07) is 21.2. The number of fused-ring (bicyclic) bond motifs is 3. The number of nitrogens with zero attached hydrogens (tertiary/aromatic N) is 2. The molecule has 0 saturated carbocycles. The smallest absolute Gasteiger partial charge is 0.214 e. The molecule has 4 heteroatoms. The standard InChI is InChI=1S/C21H18N2OS/c1-14-7-2-3-8-15(14)21-23-18(16-9-4-5-10-19(16)24-21)13-17(22-23)20-11-6-12-25-20/h2-12,18,21H,13H2,1H3/t18-,21-/m0/s1. The summed E-state index contributed by atoms with van der Waals surface area (Å²) in [6.45, 7) is 2.13. The molecule has 0 aliphatic carbocycles. The molecule has 2 atom stereocenters. The van der Waals surface area contributed by atoms with E-state index in [9.17, 15) is 0 Å². The van der Waals surface area contributed by atoms with Gasteiger partial charge < -0.3 is 4.74 Å². The Morgan fingerprint density at radius 2 is 1.80 bits per heavy atom. The Morgan fingerprint density at radius 1 is 1.00 bits per heavy atom. The van der Waals surface area contributed by atoms with Crippen LogP contribution in [0.25, 0.3) is 0 Å². The van der Waals surface area contributed by atoms with E-state index in [-0.39, 0.29) is 12.3 Å². The van der Waals surface area contributed by atoms with Crippen LogP contribution in [0.3, 0.4) is 0 Å². The fourth-order valence-corrected chi connectivity index (χ4v) is 4.42. The van der Waals surface area contributed by atoms with Crippen molar-refractivity contribution >= 4 is 17.0 Å². The molecule has 3 nitrogen and oxygen atoms in total. The first-order valence-electron chi connectivity index (χ1n) is 8.52. The Kier molecular flexibility index (Phi) is 3.38. The lowest BCUT2D eigenvalue weighted by molar-refractivity contribution is -0.0194. The molecule has 124 valence electrons. The van der Waals surface area contributed by atoms with E-state index in [1.807, 2.05) is 6.07 Å². The van der Waals surface area contributed by atoms with Crippen LogP contribution >= 0.6 is 11.3 Å². The third-order valence-corrected chi connectivity index (χ3v) is 5.88. The molecular formula is C21H18N2OS. The summed E-state index contributed by atoms with van der Waals surface area (Å²) in [7, 11) is 0. The van der Waals surface area contributed by atoms with Crippen molar-refractivity contribution in [3.05, 3.63) is 87.6 Å². The molecule has 0 saturated heterocycles. The summed E-state index contributed by atoms with van der Waals surface area (Å²) < 4.78 is 6.40. The summed E-state index contributed by atoms with van der Waals surface area (Å²) >= 11 is 1.75. The van der Waals surface area contributed by atoms with E-state index in [0.717, 1.165) is 17.9 Å². The van der Waals surface area contributed by atoms with E-state index in [4.69, 9.17) is 9.84 Å². The molecule has 2 aliphatic heterocycles. The van der Waals surface area contributed by atoms with Gasteiger partial charge in [0, 0.05) is 17.5 Å². The van der Waals surface area contributed by atoms with Crippen LogP contribution in [0.15, 0.2) is 71.1 Å². The fraction of sp³-hybridized carbons (Fsp3) is 0.190. The maximum Gasteiger partial charge on any atom is 0.214 e. The number of hydrogen-bond donors (Lipinski definition) is 0. The highest BCUT2D eigenvalue weighted by Crippen LogP contribution is 2.47. The van der Waals surface area contributed by atoms with Crippen molar-refractivity contribution in [3.8, 4) is 5.75 Å². The molecule has 0 fully saturated rings. The van der Waals surface area contributed by atoms with Crippen LogP contribution in [0.5, 0.6) is 5.75 Å². The van der Waals surface area contributed by atoms with Crippen LogP contribution in [0.4, 0.5) is 0 Å². The first-order valence-corrected chi connectivity index (χ1v) is 9.40. The minimum atomic E-state index is -0.182. The lowest BCUT2D eigenvalue weighted by atomic mass is 9.97. The quantitative estimate of drug-likeness (QED) is 0.629. The van der Waals surface area contributed by atoms with Crippen LogP contribution in [-0.4, -0.2) is 10.7 Å². The normalized spacial score (nSPS) is 21.3. The van der Waals surface area contributed by atoms with Gasteiger partial charge in [0.1, 0.15) is 5.75 Å². The maximum absolute atomic E-state index is 6.40. The van der Waals surface area contributed by atoms with E-state index in [1.165, 1.54) is 21.6 Å². The van der Waals surface area contributed by atoms with Gasteiger partial charge in [-0.15, -0.1) is 11.3 Å². The number of aryl methyl sites for hydroxylation is 1. The maximum atomic E-state index is 6.40. The van der Waals surface area contributed by atoms with Gasteiger partial charge in [-0.2, -0.15) is 5.10 Å². The van der Waals surface area contributed by atoms with Crippen LogP contribution in [0, 0.1) is 6.92 Å². The Hall–Kier alpha value is -2.59. The summed E-state index contributed by atoms with van der Waals surface area (Å²) in [6.07, 6.45) is 0.738. The molecule has 2 aliphatic rings. The number of ether oxygens (including phenoxy) is 1. The molecule has 0 radical (unpaired) electrons. The second-order valence-electron chi connectivity index (χ2n) is 6.49. The van der Waals surface area contributed by atoms with Crippen molar-refractivity contribution < 1.29 is 4.74 Å². The highest BCUT2D eigenvalue weighted by atomic mass is 32.1. The summed E-state index contributed by atoms with van der Waals surface area (Å²) in [4.78, 5) is 1.25. The Balaban J connectivity index is 1.63. The zero-order chi connectivity index (χ0) is 16.8. The zero-order valence-corrected chi connectivity index (χ0v) is 14.7. The van der Waals surface area contributed by atoms with Gasteiger partial charge in [0.05, 0.1) is 16.6 Å². The first kappa shape index (κ1) is 14.7. The number of benzene rings is 2. The summed E-state index contributed by atoms with van der Waals surface area (Å²) in [5.74, 6) is 0.972. The average Bonchev–Trinajstić information content (AvgIpc) is 3.31. The van der Waals surface area contributed by atoms with E-state index in [0.29, 0.717) is 0 Å². The number of hydrazone groups is 1. The minimum Gasteiger partial charge on any atom is -0.464 e. The van der Waals surface area contributed by atoms with Crippen molar-refractivity contribution in [1.82, 2.24) is 5.01 Å². The molecular weight excluding hydrogens is 328 g/mol. The lowest BCUT2D eigenvalue weighted by Crippen LogP contribution is -2.34. The SMILES string of the molecule is Cc1ccccc1[C@@H]1Oc2ccccc2[C@@H]2CC(c3cccs3)=NN21. The van der Waals surface area contributed by atoms with E-state index < -0.39 is 0 Å². The highest BCUT2D eigenvalue weighted by molar-refractivity contribution is 7.12. The molecule has 0 N–H and O–H groups in total. The van der Waals surface area contributed by atoms with Gasteiger partial charge in [0.15, 0.2) is 0 Å². The minimum absolute atomic E-state index is 0.182. The highest BCUT2D eigenvalue weighted by Gasteiger charge is 2.41. The Morgan fingerprint density at radius 3 is 2.60 bits per heavy atom. The number of para-hydroxylation sites is 1. The molecule has 0 spiro atoms. The first-order chi connectivity index (χ1) is 12.3. The monoisotopic (exact) mass is 346 g/mol. The largest absolute Gasteiger partial charge is 0.464 e. The van der Waals surface area contributed by atoms with Crippen LogP contribution in [-0.2, 0) is 0 Å². The molecule has 0 amide bonds. The second-order valence-corrected chi connectivity index (χ2v) is 7.44. The number of thiophene rings is 1. The van der Waals surface area contributed by atoms with Crippen molar-refractivity contribution in [2.24, 2.45) is 5.10 Å². The van der Waals surface area contributed by atoms with Gasteiger partial charge in [-0.3, -0.25) is 0 Å². The molecule has 25 heavy (non-hydrogen) atoms. The Bertz CT molecular complexity index is 948. The third kappa shape index (κ3) is 2.36. The van der Waals surface area contributed by atoms with Crippen molar-refractivity contribution in [3.63, 3.8) is 0 Å². The van der Waals surface area contributed by atoms with Gasteiger partial charge in [-0.25, -0.2) is 5.01 Å². The fourth-order valence-electron chi connectivity index (χ4n) is 3.69. The predicted octanol–water partition coefficient (Wildman–Crippen LogP) is 5.30. The molecule has 1 aromatic heterocycles. The van der Waals surface area contributed by atoms with E-state index >= 15 is 0 Å². The van der Waals surface area contributed by atoms with Gasteiger partial charge in [-0.05, 0) is 30.0 Å². The number of rotatable bonds is 2. The van der Waals surface area contributed by atoms with Crippen LogP contribution in [0.2, 0.25) is 0 Å². The molecule has 5 rings (SSSR count). The molecule has 2 aromatic carbocycles. The van der Waals surface area contributed by atoms with Gasteiger partial charge in [-0.1, -0.05) is 48.5 Å². The van der Waals surface area contributed by atoms with Crippen LogP contribution < -0.4 is 4.74 Å². The summed E-state index contributed by atoms with van der Waals surface area (Å²) in [5.41, 5.74) is 4.78. The topological polar surface area (TPSA) is 24.8 Å². The average molecular weight is 346 g/mol. The molecule has 0 bridgehead atoms. The van der Waals surface area contributed by atoms with Crippen molar-refractivity contribution in [1.29, 1.82) is 0 Å². The van der Waals surface area contributed by atoms with E-state index in [2.05, 4.69) is 71.9 Å². The van der Waals surface area contributed by atoms with Crippen LogP contribution in [0.1, 0.15) is 40.3 Å². The summed E-state index contributed by atoms with van der Waals surface area (Å²) in [5, 5.41) is 9.25. The number of hydrogen-bond acceptors (Lipinski definition) is 4. The van der Waals surface area contributed by atoms with Gasteiger partial charge >= 0.3 is 0 Å². The lowest BCUT2D eigenvalue weighted by Gasteiger charge is -2.38. The second kappa shape index (κ2) is 5.74. The zero-order valence-electron chi connectivity index (χ0n) is 13.9.